The molecule has 96 valence electrons. The van der Waals surface area contributed by atoms with Gasteiger partial charge in [-0.2, -0.15) is 0 Å². The Morgan fingerprint density at radius 1 is 1.00 bits per heavy atom. The largest absolute Gasteiger partial charge is 0.242 e. The third-order valence-electron chi connectivity index (χ3n) is 2.59. The number of thioether (sulfide) groups is 1. The van der Waals surface area contributed by atoms with Gasteiger partial charge in [0.1, 0.15) is 5.04 Å². The highest BCUT2D eigenvalue weighted by atomic mass is 32.2. The molecular weight excluding hydrogens is 250 g/mol. The molecule has 0 spiro atoms. The van der Waals surface area contributed by atoms with Gasteiger partial charge in [0.25, 0.3) is 0 Å². The fourth-order valence-corrected chi connectivity index (χ4v) is 2.36. The Kier molecular flexibility index (Phi) is 4.58. The van der Waals surface area contributed by atoms with E-state index in [1.807, 2.05) is 37.3 Å². The van der Waals surface area contributed by atoms with Crippen LogP contribution >= 0.6 is 11.8 Å². The van der Waals surface area contributed by atoms with Crippen LogP contribution < -0.4 is 0 Å². The number of aliphatic imine (C=N–C) groups is 1. The molecule has 0 N–H and O–H groups in total. The lowest BCUT2D eigenvalue weighted by atomic mass is 10.2. The molecule has 0 saturated carbocycles. The van der Waals surface area contributed by atoms with Crippen molar-refractivity contribution >= 4 is 22.5 Å². The van der Waals surface area contributed by atoms with Gasteiger partial charge in [0.2, 0.25) is 0 Å². The number of rotatable bonds is 3. The second-order valence-electron chi connectivity index (χ2n) is 4.45. The van der Waals surface area contributed by atoms with Crippen molar-refractivity contribution < 1.29 is 0 Å². The van der Waals surface area contributed by atoms with E-state index >= 15 is 0 Å². The first-order valence-corrected chi connectivity index (χ1v) is 7.01. The van der Waals surface area contributed by atoms with E-state index in [0.717, 1.165) is 16.3 Å². The number of hydrogen-bond acceptors (Lipinski definition) is 2. The van der Waals surface area contributed by atoms with Gasteiger partial charge in [-0.1, -0.05) is 54.2 Å². The van der Waals surface area contributed by atoms with E-state index in [1.54, 1.807) is 11.8 Å². The standard InChI is InChI=1S/C17H17NS/c1-13(2)17(18-15-7-5-4-6-8-15)19-16-11-9-14(3)10-12-16/h4-12H,1H2,2-3H3. The van der Waals surface area contributed by atoms with Crippen LogP contribution in [-0.2, 0) is 0 Å². The first-order valence-electron chi connectivity index (χ1n) is 6.19. The van der Waals surface area contributed by atoms with Crippen molar-refractivity contribution in [3.63, 3.8) is 0 Å². The SMILES string of the molecule is C=C(C)C(=Nc1ccccc1)Sc1ccc(C)cc1. The van der Waals surface area contributed by atoms with E-state index in [9.17, 15) is 0 Å². The molecule has 0 heterocycles. The van der Waals surface area contributed by atoms with E-state index < -0.39 is 0 Å². The van der Waals surface area contributed by atoms with Gasteiger partial charge in [0, 0.05) is 4.90 Å². The molecular formula is C17H17NS. The normalized spacial score (nSPS) is 11.4. The zero-order valence-electron chi connectivity index (χ0n) is 11.3. The molecule has 0 aliphatic rings. The average molecular weight is 267 g/mol. The molecule has 0 radical (unpaired) electrons. The number of hydrogen-bond donors (Lipinski definition) is 0. The summed E-state index contributed by atoms with van der Waals surface area (Å²) < 4.78 is 0. The number of para-hydroxylation sites is 1. The molecule has 2 aromatic rings. The summed E-state index contributed by atoms with van der Waals surface area (Å²) in [6.07, 6.45) is 0. The molecule has 0 amide bonds. The van der Waals surface area contributed by atoms with Crippen molar-refractivity contribution in [1.82, 2.24) is 0 Å². The highest BCUT2D eigenvalue weighted by Crippen LogP contribution is 2.26. The maximum Gasteiger partial charge on any atom is 0.104 e. The topological polar surface area (TPSA) is 12.4 Å². The fraction of sp³-hybridized carbons (Fsp3) is 0.118. The van der Waals surface area contributed by atoms with Crippen molar-refractivity contribution in [2.75, 3.05) is 0 Å². The fourth-order valence-electron chi connectivity index (χ4n) is 1.54. The van der Waals surface area contributed by atoms with E-state index in [0.29, 0.717) is 0 Å². The smallest absolute Gasteiger partial charge is 0.104 e. The third-order valence-corrected chi connectivity index (χ3v) is 3.73. The van der Waals surface area contributed by atoms with Gasteiger partial charge in [-0.25, -0.2) is 4.99 Å². The molecule has 19 heavy (non-hydrogen) atoms. The van der Waals surface area contributed by atoms with Crippen molar-refractivity contribution in [3.8, 4) is 0 Å². The van der Waals surface area contributed by atoms with Gasteiger partial charge < -0.3 is 0 Å². The van der Waals surface area contributed by atoms with E-state index in [1.165, 1.54) is 10.5 Å². The monoisotopic (exact) mass is 267 g/mol. The summed E-state index contributed by atoms with van der Waals surface area (Å²) in [7, 11) is 0. The Morgan fingerprint density at radius 3 is 2.21 bits per heavy atom. The van der Waals surface area contributed by atoms with Gasteiger partial charge >= 0.3 is 0 Å². The quantitative estimate of drug-likeness (QED) is 0.412. The lowest BCUT2D eigenvalue weighted by Gasteiger charge is -2.06. The van der Waals surface area contributed by atoms with E-state index in [-0.39, 0.29) is 0 Å². The van der Waals surface area contributed by atoms with Gasteiger partial charge in [0.05, 0.1) is 5.69 Å². The summed E-state index contributed by atoms with van der Waals surface area (Å²) in [5, 5.41) is 0.954. The van der Waals surface area contributed by atoms with Crippen LogP contribution in [0.3, 0.4) is 0 Å². The zero-order valence-corrected chi connectivity index (χ0v) is 12.1. The molecule has 2 rings (SSSR count). The Bertz CT molecular complexity index is 582. The third kappa shape index (κ3) is 4.11. The van der Waals surface area contributed by atoms with Crippen molar-refractivity contribution in [2.24, 2.45) is 4.99 Å². The maximum atomic E-state index is 4.66. The maximum absolute atomic E-state index is 4.66. The van der Waals surface area contributed by atoms with Crippen LogP contribution in [0.2, 0.25) is 0 Å². The van der Waals surface area contributed by atoms with Crippen LogP contribution in [0.15, 0.2) is 76.6 Å². The lowest BCUT2D eigenvalue weighted by molar-refractivity contribution is 1.38. The molecule has 0 aliphatic heterocycles. The van der Waals surface area contributed by atoms with Crippen LogP contribution in [0.1, 0.15) is 12.5 Å². The number of benzene rings is 2. The van der Waals surface area contributed by atoms with Gasteiger partial charge in [-0.3, -0.25) is 0 Å². The molecule has 1 nitrogen and oxygen atoms in total. The van der Waals surface area contributed by atoms with Crippen molar-refractivity contribution in [1.29, 1.82) is 0 Å². The molecule has 0 saturated heterocycles. The summed E-state index contributed by atoms with van der Waals surface area (Å²) in [5.41, 5.74) is 3.20. The summed E-state index contributed by atoms with van der Waals surface area (Å²) in [4.78, 5) is 5.84. The second kappa shape index (κ2) is 6.39. The average Bonchev–Trinajstić information content (AvgIpc) is 2.41. The molecule has 0 atom stereocenters. The molecule has 0 unspecified atom stereocenters. The summed E-state index contributed by atoms with van der Waals surface area (Å²) >= 11 is 1.65. The van der Waals surface area contributed by atoms with Crippen LogP contribution in [0.4, 0.5) is 5.69 Å². The summed E-state index contributed by atoms with van der Waals surface area (Å²) in [5.74, 6) is 0. The molecule has 0 fully saturated rings. The summed E-state index contributed by atoms with van der Waals surface area (Å²) in [6, 6.07) is 18.4. The minimum absolute atomic E-state index is 0.954. The molecule has 0 aliphatic carbocycles. The predicted molar refractivity (Wildman–Crippen MR) is 85.4 cm³/mol. The van der Waals surface area contributed by atoms with Crippen LogP contribution in [0.5, 0.6) is 0 Å². The molecule has 2 heteroatoms. The van der Waals surface area contributed by atoms with E-state index in [2.05, 4.69) is 42.8 Å². The Hall–Kier alpha value is -1.80. The molecule has 2 aromatic carbocycles. The zero-order chi connectivity index (χ0) is 13.7. The first-order chi connectivity index (χ1) is 9.15. The number of nitrogens with zero attached hydrogens (tertiary/aromatic N) is 1. The lowest BCUT2D eigenvalue weighted by Crippen LogP contribution is -1.92. The van der Waals surface area contributed by atoms with Crippen molar-refractivity contribution in [2.45, 2.75) is 18.7 Å². The van der Waals surface area contributed by atoms with Crippen LogP contribution in [0, 0.1) is 6.92 Å². The second-order valence-corrected chi connectivity index (χ2v) is 5.51. The molecule has 0 bridgehead atoms. The minimum Gasteiger partial charge on any atom is -0.242 e. The number of aryl methyl sites for hydroxylation is 1. The van der Waals surface area contributed by atoms with Crippen LogP contribution in [-0.4, -0.2) is 5.04 Å². The van der Waals surface area contributed by atoms with E-state index in [4.69, 9.17) is 0 Å². The molecule has 0 aromatic heterocycles. The van der Waals surface area contributed by atoms with Gasteiger partial charge in [-0.05, 0) is 43.7 Å². The Balaban J connectivity index is 2.24. The highest BCUT2D eigenvalue weighted by Gasteiger charge is 2.04. The minimum atomic E-state index is 0.954. The predicted octanol–water partition coefficient (Wildman–Crippen LogP) is 5.39. The van der Waals surface area contributed by atoms with Gasteiger partial charge in [0.15, 0.2) is 0 Å². The summed E-state index contributed by atoms with van der Waals surface area (Å²) in [6.45, 7) is 8.09. The van der Waals surface area contributed by atoms with Crippen molar-refractivity contribution in [3.05, 3.63) is 72.3 Å². The van der Waals surface area contributed by atoms with Gasteiger partial charge in [-0.15, -0.1) is 0 Å². The first kappa shape index (κ1) is 13.6. The Morgan fingerprint density at radius 2 is 1.63 bits per heavy atom. The van der Waals surface area contributed by atoms with Crippen LogP contribution in [0.25, 0.3) is 0 Å². The highest BCUT2D eigenvalue weighted by molar-refractivity contribution is 8.14. The Labute approximate surface area is 119 Å².